The topological polar surface area (TPSA) is 65.0 Å². The number of likely N-dealkylation sites (tertiary alicyclic amines) is 1. The van der Waals surface area contributed by atoms with Crippen LogP contribution in [0.25, 0.3) is 0 Å². The van der Waals surface area contributed by atoms with E-state index in [1.165, 1.54) is 19.3 Å². The first-order chi connectivity index (χ1) is 12.1. The number of nitrogens with zero attached hydrogens (tertiary/aromatic N) is 2. The van der Waals surface area contributed by atoms with Crippen molar-refractivity contribution < 1.29 is 14.6 Å². The van der Waals surface area contributed by atoms with Crippen molar-refractivity contribution in [3.05, 3.63) is 29.8 Å². The van der Waals surface area contributed by atoms with Gasteiger partial charge in [0.2, 0.25) is 5.72 Å². The third-order valence-corrected chi connectivity index (χ3v) is 6.22. The van der Waals surface area contributed by atoms with Crippen LogP contribution in [0.2, 0.25) is 0 Å². The molecule has 0 aromatic heterocycles. The van der Waals surface area contributed by atoms with Gasteiger partial charge in [-0.2, -0.15) is 0 Å². The minimum atomic E-state index is -1.46. The van der Waals surface area contributed by atoms with Gasteiger partial charge < -0.3 is 14.7 Å². The van der Waals surface area contributed by atoms with E-state index in [1.54, 1.807) is 19.2 Å². The zero-order valence-electron chi connectivity index (χ0n) is 14.9. The van der Waals surface area contributed by atoms with Crippen LogP contribution < -0.4 is 10.2 Å². The van der Waals surface area contributed by atoms with Crippen molar-refractivity contribution in [2.45, 2.75) is 49.9 Å². The van der Waals surface area contributed by atoms with E-state index in [0.29, 0.717) is 6.54 Å². The second kappa shape index (κ2) is 6.27. The van der Waals surface area contributed by atoms with Gasteiger partial charge in [-0.15, -0.1) is 0 Å². The summed E-state index contributed by atoms with van der Waals surface area (Å²) in [5, 5.41) is 12.9. The predicted molar refractivity (Wildman–Crippen MR) is 93.7 cm³/mol. The molecule has 2 aliphatic heterocycles. The first-order valence-electron chi connectivity index (χ1n) is 9.23. The third kappa shape index (κ3) is 2.55. The van der Waals surface area contributed by atoms with Gasteiger partial charge in [0, 0.05) is 19.6 Å². The summed E-state index contributed by atoms with van der Waals surface area (Å²) < 4.78 is 5.23. The highest BCUT2D eigenvalue weighted by Crippen LogP contribution is 2.46. The molecule has 25 heavy (non-hydrogen) atoms. The Morgan fingerprint density at radius 1 is 1.20 bits per heavy atom. The molecular formula is C19H27N3O3. The molecule has 2 heterocycles. The number of hydrogen-bond acceptors (Lipinski definition) is 5. The predicted octanol–water partition coefficient (Wildman–Crippen LogP) is 1.67. The molecule has 3 fully saturated rings. The summed E-state index contributed by atoms with van der Waals surface area (Å²) in [5.41, 5.74) is 2.90. The van der Waals surface area contributed by atoms with Crippen molar-refractivity contribution in [3.8, 4) is 5.75 Å². The van der Waals surface area contributed by atoms with E-state index in [1.807, 2.05) is 29.2 Å². The largest absolute Gasteiger partial charge is 0.497 e. The number of carbonyl (C=O) groups excluding carboxylic acids is 1. The number of likely N-dealkylation sites (N-methyl/N-ethyl adjacent to an activating group) is 1. The van der Waals surface area contributed by atoms with Crippen LogP contribution in [-0.4, -0.2) is 53.4 Å². The molecule has 3 atom stereocenters. The summed E-state index contributed by atoms with van der Waals surface area (Å²) in [7, 11) is 3.41. The van der Waals surface area contributed by atoms with Crippen LogP contribution in [0.4, 0.5) is 0 Å². The van der Waals surface area contributed by atoms with Crippen LogP contribution in [0, 0.1) is 5.92 Å². The summed E-state index contributed by atoms with van der Waals surface area (Å²) in [5.74, 6) is 0.479. The number of nitrogens with one attached hydrogen (secondary N) is 1. The van der Waals surface area contributed by atoms with Crippen molar-refractivity contribution in [1.29, 1.82) is 0 Å². The molecule has 3 aliphatic rings. The van der Waals surface area contributed by atoms with Gasteiger partial charge in [0.25, 0.3) is 5.91 Å². The molecule has 3 unspecified atom stereocenters. The molecule has 0 radical (unpaired) electrons. The molecule has 0 bridgehead atoms. The molecule has 1 amide bonds. The molecule has 1 aliphatic carbocycles. The Hall–Kier alpha value is -1.63. The number of rotatable bonds is 3. The number of methoxy groups -OCH3 is 1. The zero-order chi connectivity index (χ0) is 17.6. The minimum absolute atomic E-state index is 0.0848. The van der Waals surface area contributed by atoms with Crippen molar-refractivity contribution >= 4 is 5.91 Å². The molecule has 136 valence electrons. The van der Waals surface area contributed by atoms with Gasteiger partial charge in [-0.1, -0.05) is 31.4 Å². The molecule has 1 aromatic rings. The summed E-state index contributed by atoms with van der Waals surface area (Å²) >= 11 is 0. The van der Waals surface area contributed by atoms with Gasteiger partial charge in [-0.05, 0) is 30.5 Å². The van der Waals surface area contributed by atoms with Gasteiger partial charge in [0.15, 0.2) is 0 Å². The van der Waals surface area contributed by atoms with E-state index in [9.17, 15) is 9.90 Å². The Balaban J connectivity index is 1.61. The first-order valence-corrected chi connectivity index (χ1v) is 9.23. The van der Waals surface area contributed by atoms with Crippen LogP contribution in [0.15, 0.2) is 24.3 Å². The number of aliphatic hydroxyl groups is 1. The Kier molecular flexibility index (Phi) is 4.22. The quantitative estimate of drug-likeness (QED) is 0.872. The normalized spacial score (nSPS) is 33.7. The average molecular weight is 345 g/mol. The average Bonchev–Trinajstić information content (AvgIpc) is 3.07. The lowest BCUT2D eigenvalue weighted by atomic mass is 9.89. The van der Waals surface area contributed by atoms with Crippen LogP contribution in [0.1, 0.15) is 43.7 Å². The number of ether oxygens (including phenoxy) is 1. The Morgan fingerprint density at radius 2 is 1.88 bits per heavy atom. The lowest BCUT2D eigenvalue weighted by Crippen LogP contribution is -2.55. The zero-order valence-corrected chi connectivity index (χ0v) is 14.9. The Labute approximate surface area is 148 Å². The molecule has 0 spiro atoms. The highest BCUT2D eigenvalue weighted by molar-refractivity contribution is 5.88. The lowest BCUT2D eigenvalue weighted by Gasteiger charge is -2.34. The van der Waals surface area contributed by atoms with E-state index < -0.39 is 5.72 Å². The standard InChI is InChI=1S/C19H27N3O3/c1-21-19(24)16(12-22(18(19)23)14-6-4-3-5-7-14)17(20-21)13-8-10-15(25-2)11-9-13/h8-11,14,16-17,20,24H,3-7,12H2,1-2H3. The molecule has 1 aromatic carbocycles. The van der Waals surface area contributed by atoms with E-state index in [-0.39, 0.29) is 23.9 Å². The lowest BCUT2D eigenvalue weighted by molar-refractivity contribution is -0.164. The van der Waals surface area contributed by atoms with Gasteiger partial charge in [0.05, 0.1) is 19.1 Å². The number of amides is 1. The Bertz CT molecular complexity index is 644. The summed E-state index contributed by atoms with van der Waals surface area (Å²) in [6, 6.07) is 8.04. The van der Waals surface area contributed by atoms with Crippen molar-refractivity contribution in [1.82, 2.24) is 15.3 Å². The van der Waals surface area contributed by atoms with Gasteiger partial charge in [0.1, 0.15) is 5.75 Å². The molecule has 4 rings (SSSR count). The minimum Gasteiger partial charge on any atom is -0.497 e. The highest BCUT2D eigenvalue weighted by atomic mass is 16.5. The summed E-state index contributed by atoms with van der Waals surface area (Å²) in [6.07, 6.45) is 5.71. The van der Waals surface area contributed by atoms with Crippen LogP contribution in [0.3, 0.4) is 0 Å². The van der Waals surface area contributed by atoms with Gasteiger partial charge in [-0.25, -0.2) is 10.4 Å². The summed E-state index contributed by atoms with van der Waals surface area (Å²) in [6.45, 7) is 0.605. The fourth-order valence-electron chi connectivity index (χ4n) is 4.74. The van der Waals surface area contributed by atoms with E-state index >= 15 is 0 Å². The van der Waals surface area contributed by atoms with Gasteiger partial charge in [-0.3, -0.25) is 4.79 Å². The SMILES string of the molecule is COc1ccc(C2NN(C)C3(O)C(=O)N(C4CCCCC4)CC23)cc1. The maximum atomic E-state index is 13.1. The van der Waals surface area contributed by atoms with Crippen molar-refractivity contribution in [2.24, 2.45) is 5.92 Å². The summed E-state index contributed by atoms with van der Waals surface area (Å²) in [4.78, 5) is 15.0. The second-order valence-electron chi connectivity index (χ2n) is 7.52. The number of benzene rings is 1. The van der Waals surface area contributed by atoms with Crippen LogP contribution in [0.5, 0.6) is 5.75 Å². The van der Waals surface area contributed by atoms with Crippen LogP contribution >= 0.6 is 0 Å². The smallest absolute Gasteiger partial charge is 0.272 e. The fraction of sp³-hybridized carbons (Fsp3) is 0.632. The number of carbonyl (C=O) groups is 1. The molecule has 6 nitrogen and oxygen atoms in total. The number of hydrogen-bond donors (Lipinski definition) is 2. The fourth-order valence-corrected chi connectivity index (χ4v) is 4.74. The third-order valence-electron chi connectivity index (χ3n) is 6.22. The molecule has 2 N–H and O–H groups in total. The monoisotopic (exact) mass is 345 g/mol. The maximum Gasteiger partial charge on any atom is 0.272 e. The van der Waals surface area contributed by atoms with E-state index in [0.717, 1.165) is 24.2 Å². The second-order valence-corrected chi connectivity index (χ2v) is 7.52. The molecule has 1 saturated carbocycles. The van der Waals surface area contributed by atoms with Crippen LogP contribution in [-0.2, 0) is 4.79 Å². The van der Waals surface area contributed by atoms with E-state index in [2.05, 4.69) is 5.43 Å². The molecule has 2 saturated heterocycles. The van der Waals surface area contributed by atoms with Crippen molar-refractivity contribution in [2.75, 3.05) is 20.7 Å². The van der Waals surface area contributed by atoms with Gasteiger partial charge >= 0.3 is 0 Å². The van der Waals surface area contributed by atoms with E-state index in [4.69, 9.17) is 4.74 Å². The maximum absolute atomic E-state index is 13.1. The highest BCUT2D eigenvalue weighted by Gasteiger charge is 2.64. The first kappa shape index (κ1) is 16.8. The number of hydrazine groups is 1. The van der Waals surface area contributed by atoms with Crippen molar-refractivity contribution in [3.63, 3.8) is 0 Å². The Morgan fingerprint density at radius 3 is 2.52 bits per heavy atom. The number of fused-ring (bicyclic) bond motifs is 1. The molecule has 6 heteroatoms. The molecular weight excluding hydrogens is 318 g/mol.